The van der Waals surface area contributed by atoms with Crippen LogP contribution in [0, 0.1) is 11.8 Å². The van der Waals surface area contributed by atoms with Gasteiger partial charge in [0.05, 0.1) is 18.2 Å². The molecule has 3 amide bonds. The number of rotatable bonds is 6. The van der Waals surface area contributed by atoms with E-state index in [1.807, 2.05) is 16.9 Å². The van der Waals surface area contributed by atoms with Crippen molar-refractivity contribution in [3.63, 3.8) is 0 Å². The summed E-state index contributed by atoms with van der Waals surface area (Å²) in [6.07, 6.45) is 3.60. The van der Waals surface area contributed by atoms with E-state index in [9.17, 15) is 9.59 Å². The Morgan fingerprint density at radius 1 is 1.28 bits per heavy atom. The smallest absolute Gasteiger partial charge is 0.317 e. The van der Waals surface area contributed by atoms with Crippen molar-refractivity contribution in [1.82, 2.24) is 25.3 Å². The molecule has 0 bridgehead atoms. The fourth-order valence-corrected chi connectivity index (χ4v) is 2.86. The Hall–Kier alpha value is -2.05. The van der Waals surface area contributed by atoms with Crippen LogP contribution in [-0.2, 0) is 11.3 Å². The fraction of sp³-hybridized carbons (Fsp3) is 0.722. The number of piperidine rings is 1. The van der Waals surface area contributed by atoms with E-state index in [4.69, 9.17) is 0 Å². The van der Waals surface area contributed by atoms with Crippen LogP contribution in [0.15, 0.2) is 12.3 Å². The monoisotopic (exact) mass is 349 g/mol. The van der Waals surface area contributed by atoms with Gasteiger partial charge in [-0.1, -0.05) is 13.8 Å². The highest BCUT2D eigenvalue weighted by atomic mass is 16.2. The Kier molecular flexibility index (Phi) is 6.84. The molecule has 7 nitrogen and oxygen atoms in total. The molecule has 1 saturated heterocycles. The molecule has 1 aromatic heterocycles. The van der Waals surface area contributed by atoms with Crippen molar-refractivity contribution in [2.45, 2.75) is 53.1 Å². The minimum atomic E-state index is -0.147. The molecule has 2 rings (SSSR count). The van der Waals surface area contributed by atoms with Gasteiger partial charge >= 0.3 is 6.03 Å². The maximum atomic E-state index is 12.4. The number of nitrogens with one attached hydrogen (secondary N) is 2. The average molecular weight is 349 g/mol. The predicted octanol–water partition coefficient (Wildman–Crippen LogP) is 2.16. The van der Waals surface area contributed by atoms with Gasteiger partial charge in [-0.3, -0.25) is 9.48 Å². The molecule has 1 aromatic rings. The van der Waals surface area contributed by atoms with E-state index in [1.165, 1.54) is 0 Å². The second kappa shape index (κ2) is 8.87. The number of likely N-dealkylation sites (tertiary alicyclic amines) is 1. The summed E-state index contributed by atoms with van der Waals surface area (Å²) in [6.45, 7) is 10.5. The Balaban J connectivity index is 1.81. The van der Waals surface area contributed by atoms with E-state index < -0.39 is 0 Å². The van der Waals surface area contributed by atoms with Gasteiger partial charge in [0, 0.05) is 31.9 Å². The predicted molar refractivity (Wildman–Crippen MR) is 97.0 cm³/mol. The molecule has 0 spiro atoms. The molecule has 0 saturated carbocycles. The van der Waals surface area contributed by atoms with Crippen LogP contribution < -0.4 is 10.6 Å². The maximum absolute atomic E-state index is 12.4. The lowest BCUT2D eigenvalue weighted by molar-refractivity contribution is -0.126. The van der Waals surface area contributed by atoms with Crippen LogP contribution in [0.5, 0.6) is 0 Å². The number of nitrogens with zero attached hydrogens (tertiary/aromatic N) is 3. The molecule has 0 unspecified atom stereocenters. The zero-order valence-electron chi connectivity index (χ0n) is 15.8. The van der Waals surface area contributed by atoms with Gasteiger partial charge in [0.15, 0.2) is 0 Å². The second-order valence-electron chi connectivity index (χ2n) is 7.46. The number of carbonyl (C=O) groups is 2. The van der Waals surface area contributed by atoms with Gasteiger partial charge in [0.2, 0.25) is 5.91 Å². The summed E-state index contributed by atoms with van der Waals surface area (Å²) < 4.78 is 1.88. The van der Waals surface area contributed by atoms with Gasteiger partial charge in [-0.25, -0.2) is 4.79 Å². The van der Waals surface area contributed by atoms with Gasteiger partial charge in [0.1, 0.15) is 0 Å². The normalized spacial score (nSPS) is 17.8. The molecule has 0 aromatic carbocycles. The highest BCUT2D eigenvalue weighted by Gasteiger charge is 2.28. The first-order chi connectivity index (χ1) is 11.9. The van der Waals surface area contributed by atoms with E-state index in [0.717, 1.165) is 18.5 Å². The number of amides is 3. The van der Waals surface area contributed by atoms with Crippen LogP contribution >= 0.6 is 0 Å². The molecule has 140 valence electrons. The molecular formula is C18H31N5O2. The van der Waals surface area contributed by atoms with Crippen molar-refractivity contribution in [1.29, 1.82) is 0 Å². The lowest BCUT2D eigenvalue weighted by Gasteiger charge is -2.32. The number of carbonyl (C=O) groups excluding carboxylic acids is 2. The lowest BCUT2D eigenvalue weighted by Crippen LogP contribution is -2.49. The zero-order valence-corrected chi connectivity index (χ0v) is 15.8. The highest BCUT2D eigenvalue weighted by Crippen LogP contribution is 2.17. The van der Waals surface area contributed by atoms with Crippen LogP contribution in [0.3, 0.4) is 0 Å². The van der Waals surface area contributed by atoms with Crippen molar-refractivity contribution in [2.75, 3.05) is 19.6 Å². The molecule has 1 atom stereocenters. The first-order valence-electron chi connectivity index (χ1n) is 9.21. The Morgan fingerprint density at radius 2 is 2.04 bits per heavy atom. The summed E-state index contributed by atoms with van der Waals surface area (Å²) in [5.41, 5.74) is 0.851. The van der Waals surface area contributed by atoms with E-state index in [0.29, 0.717) is 38.1 Å². The summed E-state index contributed by atoms with van der Waals surface area (Å²) in [6, 6.07) is 2.16. The standard InChI is InChI=1S/C18H31N5O2/c1-13(2)10-20-18(25)22-8-5-6-15(12-22)17(24)19-11-16-7-9-23(21-16)14(3)4/h7,9,13-15H,5-6,8,10-12H2,1-4H3,(H,19,24)(H,20,25)/t15-/m1/s1. The van der Waals surface area contributed by atoms with Gasteiger partial charge in [-0.2, -0.15) is 5.10 Å². The van der Waals surface area contributed by atoms with Crippen LogP contribution in [0.1, 0.15) is 52.3 Å². The zero-order chi connectivity index (χ0) is 18.4. The third-order valence-electron chi connectivity index (χ3n) is 4.38. The molecule has 0 aliphatic carbocycles. The second-order valence-corrected chi connectivity index (χ2v) is 7.46. The summed E-state index contributed by atoms with van der Waals surface area (Å²) in [4.78, 5) is 26.4. The molecule has 2 heterocycles. The van der Waals surface area contributed by atoms with Crippen LogP contribution in [-0.4, -0.2) is 46.3 Å². The van der Waals surface area contributed by atoms with Gasteiger partial charge < -0.3 is 15.5 Å². The first kappa shape index (κ1) is 19.3. The minimum Gasteiger partial charge on any atom is -0.350 e. The molecule has 0 radical (unpaired) electrons. The van der Waals surface area contributed by atoms with Crippen LogP contribution in [0.4, 0.5) is 4.79 Å². The number of urea groups is 1. The Labute approximate surface area is 150 Å². The third-order valence-corrected chi connectivity index (χ3v) is 4.38. The van der Waals surface area contributed by atoms with Crippen molar-refractivity contribution in [3.05, 3.63) is 18.0 Å². The van der Waals surface area contributed by atoms with E-state index in [-0.39, 0.29) is 17.9 Å². The van der Waals surface area contributed by atoms with Gasteiger partial charge in [-0.05, 0) is 38.7 Å². The van der Waals surface area contributed by atoms with E-state index in [2.05, 4.69) is 43.4 Å². The van der Waals surface area contributed by atoms with E-state index in [1.54, 1.807) is 4.90 Å². The SMILES string of the molecule is CC(C)CNC(=O)N1CCC[C@@H](C(=O)NCc2ccn(C(C)C)n2)C1. The molecule has 1 fully saturated rings. The summed E-state index contributed by atoms with van der Waals surface area (Å²) in [5.74, 6) is 0.268. The topological polar surface area (TPSA) is 79.3 Å². The van der Waals surface area contributed by atoms with Crippen LogP contribution in [0.25, 0.3) is 0 Å². The summed E-state index contributed by atoms with van der Waals surface area (Å²) >= 11 is 0. The first-order valence-corrected chi connectivity index (χ1v) is 9.21. The molecule has 25 heavy (non-hydrogen) atoms. The molecule has 7 heteroatoms. The average Bonchev–Trinajstić information content (AvgIpc) is 3.07. The van der Waals surface area contributed by atoms with Crippen molar-refractivity contribution in [3.8, 4) is 0 Å². The van der Waals surface area contributed by atoms with Crippen LogP contribution in [0.2, 0.25) is 0 Å². The fourth-order valence-electron chi connectivity index (χ4n) is 2.86. The Morgan fingerprint density at radius 3 is 2.68 bits per heavy atom. The Bertz CT molecular complexity index is 582. The molecule has 1 aliphatic heterocycles. The number of aromatic nitrogens is 2. The van der Waals surface area contributed by atoms with Crippen molar-refractivity contribution in [2.24, 2.45) is 11.8 Å². The third kappa shape index (κ3) is 5.76. The lowest BCUT2D eigenvalue weighted by atomic mass is 9.97. The molecule has 1 aliphatic rings. The maximum Gasteiger partial charge on any atom is 0.317 e. The molecular weight excluding hydrogens is 318 g/mol. The summed E-state index contributed by atoms with van der Waals surface area (Å²) in [5, 5.41) is 10.3. The van der Waals surface area contributed by atoms with Gasteiger partial charge in [0.25, 0.3) is 0 Å². The largest absolute Gasteiger partial charge is 0.350 e. The number of hydrogen-bond acceptors (Lipinski definition) is 3. The molecule has 2 N–H and O–H groups in total. The van der Waals surface area contributed by atoms with Crippen molar-refractivity contribution >= 4 is 11.9 Å². The van der Waals surface area contributed by atoms with E-state index >= 15 is 0 Å². The summed E-state index contributed by atoms with van der Waals surface area (Å²) in [7, 11) is 0. The van der Waals surface area contributed by atoms with Gasteiger partial charge in [-0.15, -0.1) is 0 Å². The van der Waals surface area contributed by atoms with Crippen molar-refractivity contribution < 1.29 is 9.59 Å². The number of hydrogen-bond donors (Lipinski definition) is 2. The minimum absolute atomic E-state index is 0.000423. The quantitative estimate of drug-likeness (QED) is 0.826. The highest BCUT2D eigenvalue weighted by molar-refractivity contribution is 5.80.